The van der Waals surface area contributed by atoms with Crippen molar-refractivity contribution in [2.45, 2.75) is 19.4 Å². The number of esters is 1. The maximum Gasteiger partial charge on any atom is 0.374 e. The molecule has 0 aliphatic carbocycles. The zero-order valence-corrected chi connectivity index (χ0v) is 13.5. The van der Waals surface area contributed by atoms with Crippen molar-refractivity contribution in [1.29, 1.82) is 0 Å². The van der Waals surface area contributed by atoms with Gasteiger partial charge in [-0.1, -0.05) is 48.0 Å². The number of Topliss-reactive ketones (excluding diaryl/α,β-unsaturated/α-hetero) is 1. The molecule has 0 spiro atoms. The van der Waals surface area contributed by atoms with Crippen LogP contribution < -0.4 is 4.74 Å². The van der Waals surface area contributed by atoms with Crippen LogP contribution in [-0.4, -0.2) is 18.9 Å². The molecule has 120 valence electrons. The lowest BCUT2D eigenvalue weighted by atomic mass is 10.1. The summed E-state index contributed by atoms with van der Waals surface area (Å²) in [6.45, 7) is 0.0970. The summed E-state index contributed by atoms with van der Waals surface area (Å²) >= 11 is 6.02. The molecule has 0 aromatic heterocycles. The van der Waals surface area contributed by atoms with Gasteiger partial charge in [0.2, 0.25) is 5.78 Å². The summed E-state index contributed by atoms with van der Waals surface area (Å²) in [5.41, 5.74) is 1.70. The van der Waals surface area contributed by atoms with Crippen molar-refractivity contribution in [3.63, 3.8) is 0 Å². The van der Waals surface area contributed by atoms with Gasteiger partial charge in [-0.15, -0.1) is 0 Å². The number of hydrogen-bond acceptors (Lipinski definition) is 4. The van der Waals surface area contributed by atoms with Crippen molar-refractivity contribution >= 4 is 23.4 Å². The molecule has 0 fully saturated rings. The predicted molar refractivity (Wildman–Crippen MR) is 87.6 cm³/mol. The fraction of sp³-hybridized carbons (Fsp3) is 0.222. The Balaban J connectivity index is 1.82. The summed E-state index contributed by atoms with van der Waals surface area (Å²) in [7, 11) is 1.53. The maximum absolute atomic E-state index is 11.8. The monoisotopic (exact) mass is 332 g/mol. The molecule has 2 aromatic rings. The summed E-state index contributed by atoms with van der Waals surface area (Å²) in [5.74, 6) is -0.787. The van der Waals surface area contributed by atoms with Crippen LogP contribution in [0.15, 0.2) is 48.5 Å². The Labute approximate surface area is 140 Å². The van der Waals surface area contributed by atoms with Gasteiger partial charge >= 0.3 is 5.97 Å². The molecular weight excluding hydrogens is 316 g/mol. The molecule has 4 nitrogen and oxygen atoms in total. The molecule has 0 amide bonds. The van der Waals surface area contributed by atoms with Crippen molar-refractivity contribution in [2.24, 2.45) is 0 Å². The molecule has 0 radical (unpaired) electrons. The number of methoxy groups -OCH3 is 1. The molecule has 0 aliphatic rings. The Bertz CT molecular complexity index is 683. The van der Waals surface area contributed by atoms with Crippen LogP contribution in [0.5, 0.6) is 5.75 Å². The Morgan fingerprint density at radius 1 is 1.04 bits per heavy atom. The van der Waals surface area contributed by atoms with Crippen molar-refractivity contribution in [3.8, 4) is 5.75 Å². The lowest BCUT2D eigenvalue weighted by molar-refractivity contribution is -0.154. The summed E-state index contributed by atoms with van der Waals surface area (Å²) in [6, 6.07) is 14.5. The normalized spacial score (nSPS) is 10.2. The second kappa shape index (κ2) is 8.34. The fourth-order valence-electron chi connectivity index (χ4n) is 2.03. The van der Waals surface area contributed by atoms with E-state index in [1.54, 1.807) is 12.1 Å². The van der Waals surface area contributed by atoms with Crippen LogP contribution >= 0.6 is 11.6 Å². The van der Waals surface area contributed by atoms with Gasteiger partial charge in [0, 0.05) is 6.42 Å². The molecule has 2 rings (SSSR count). The Morgan fingerprint density at radius 3 is 2.43 bits per heavy atom. The van der Waals surface area contributed by atoms with Crippen molar-refractivity contribution in [2.75, 3.05) is 7.11 Å². The molecule has 0 bridgehead atoms. The van der Waals surface area contributed by atoms with Gasteiger partial charge in [-0.05, 0) is 29.7 Å². The molecule has 5 heteroatoms. The molecule has 0 saturated carbocycles. The average molecular weight is 333 g/mol. The molecule has 0 heterocycles. The first kappa shape index (κ1) is 17.0. The van der Waals surface area contributed by atoms with E-state index in [1.807, 2.05) is 36.4 Å². The van der Waals surface area contributed by atoms with Gasteiger partial charge in [0.05, 0.1) is 12.1 Å². The Kier molecular flexibility index (Phi) is 6.18. The third-order valence-corrected chi connectivity index (χ3v) is 3.59. The Hall–Kier alpha value is -2.33. The maximum atomic E-state index is 11.8. The lowest BCUT2D eigenvalue weighted by Gasteiger charge is -2.06. The van der Waals surface area contributed by atoms with E-state index >= 15 is 0 Å². The van der Waals surface area contributed by atoms with Crippen LogP contribution in [0, 0.1) is 0 Å². The number of halogens is 1. The molecule has 0 atom stereocenters. The first-order valence-corrected chi connectivity index (χ1v) is 7.54. The van der Waals surface area contributed by atoms with Gasteiger partial charge in [0.15, 0.2) is 0 Å². The quantitative estimate of drug-likeness (QED) is 0.574. The zero-order chi connectivity index (χ0) is 16.7. The molecular formula is C18H17ClO4. The van der Waals surface area contributed by atoms with Gasteiger partial charge < -0.3 is 9.47 Å². The van der Waals surface area contributed by atoms with E-state index in [1.165, 1.54) is 7.11 Å². The molecule has 23 heavy (non-hydrogen) atoms. The summed E-state index contributed by atoms with van der Waals surface area (Å²) in [4.78, 5) is 23.5. The van der Waals surface area contributed by atoms with E-state index in [2.05, 4.69) is 0 Å². The van der Waals surface area contributed by atoms with Crippen molar-refractivity contribution in [3.05, 3.63) is 64.7 Å². The second-order valence-electron chi connectivity index (χ2n) is 4.95. The molecule has 0 aliphatic heterocycles. The smallest absolute Gasteiger partial charge is 0.374 e. The van der Waals surface area contributed by atoms with Crippen LogP contribution in [0.25, 0.3) is 0 Å². The van der Waals surface area contributed by atoms with Crippen LogP contribution in [-0.2, 0) is 27.4 Å². The molecule has 0 saturated heterocycles. The fourth-order valence-corrected chi connectivity index (χ4v) is 2.31. The van der Waals surface area contributed by atoms with Crippen molar-refractivity contribution < 1.29 is 19.1 Å². The summed E-state index contributed by atoms with van der Waals surface area (Å²) in [5, 5.41) is 0.476. The minimum Gasteiger partial charge on any atom is -0.495 e. The number of carbonyl (C=O) groups excluding carboxylic acids is 2. The van der Waals surface area contributed by atoms with E-state index in [9.17, 15) is 9.59 Å². The van der Waals surface area contributed by atoms with Gasteiger partial charge in [-0.2, -0.15) is 0 Å². The standard InChI is InChI=1S/C18H17ClO4/c1-22-17-10-8-13(11-15(17)19)7-9-16(20)18(21)23-12-14-5-3-2-4-6-14/h2-6,8,10-11H,7,9,12H2,1H3. The third kappa shape index (κ3) is 5.11. The minimum atomic E-state index is -0.812. The van der Waals surface area contributed by atoms with Crippen LogP contribution in [0.4, 0.5) is 0 Å². The SMILES string of the molecule is COc1ccc(CCC(=O)C(=O)OCc2ccccc2)cc1Cl. The van der Waals surface area contributed by atoms with Gasteiger partial charge in [-0.25, -0.2) is 4.79 Å². The minimum absolute atomic E-state index is 0.0796. The number of benzene rings is 2. The van der Waals surface area contributed by atoms with Gasteiger partial charge in [0.1, 0.15) is 12.4 Å². The third-order valence-electron chi connectivity index (χ3n) is 3.30. The predicted octanol–water partition coefficient (Wildman–Crippen LogP) is 3.59. The first-order chi connectivity index (χ1) is 11.1. The lowest BCUT2D eigenvalue weighted by Crippen LogP contribution is -2.17. The molecule has 0 N–H and O–H groups in total. The second-order valence-corrected chi connectivity index (χ2v) is 5.36. The number of aryl methyl sites for hydroxylation is 1. The number of hydrogen-bond donors (Lipinski definition) is 0. The number of carbonyl (C=O) groups is 2. The highest BCUT2D eigenvalue weighted by molar-refractivity contribution is 6.33. The van der Waals surface area contributed by atoms with Crippen LogP contribution in [0.2, 0.25) is 5.02 Å². The highest BCUT2D eigenvalue weighted by Crippen LogP contribution is 2.25. The Morgan fingerprint density at radius 2 is 1.78 bits per heavy atom. The number of ether oxygens (including phenoxy) is 2. The highest BCUT2D eigenvalue weighted by atomic mass is 35.5. The van der Waals surface area contributed by atoms with Crippen molar-refractivity contribution in [1.82, 2.24) is 0 Å². The number of ketones is 1. The largest absolute Gasteiger partial charge is 0.495 e. The van der Waals surface area contributed by atoms with Crippen LogP contribution in [0.3, 0.4) is 0 Å². The van der Waals surface area contributed by atoms with Crippen LogP contribution in [0.1, 0.15) is 17.5 Å². The summed E-state index contributed by atoms with van der Waals surface area (Å²) < 4.78 is 10.1. The van der Waals surface area contributed by atoms with E-state index < -0.39 is 11.8 Å². The van der Waals surface area contributed by atoms with E-state index in [0.29, 0.717) is 17.2 Å². The first-order valence-electron chi connectivity index (χ1n) is 7.16. The number of rotatable bonds is 7. The van der Waals surface area contributed by atoms with E-state index in [4.69, 9.17) is 21.1 Å². The summed E-state index contributed by atoms with van der Waals surface area (Å²) in [6.07, 6.45) is 0.499. The van der Waals surface area contributed by atoms with Gasteiger partial charge in [0.25, 0.3) is 0 Å². The highest BCUT2D eigenvalue weighted by Gasteiger charge is 2.15. The van der Waals surface area contributed by atoms with E-state index in [-0.39, 0.29) is 13.0 Å². The zero-order valence-electron chi connectivity index (χ0n) is 12.8. The van der Waals surface area contributed by atoms with Gasteiger partial charge in [-0.3, -0.25) is 4.79 Å². The average Bonchev–Trinajstić information content (AvgIpc) is 2.58. The molecule has 2 aromatic carbocycles. The van der Waals surface area contributed by atoms with E-state index in [0.717, 1.165) is 11.1 Å². The molecule has 0 unspecified atom stereocenters. The topological polar surface area (TPSA) is 52.6 Å².